The van der Waals surface area contributed by atoms with Crippen molar-refractivity contribution in [3.8, 4) is 5.75 Å². The highest BCUT2D eigenvalue weighted by molar-refractivity contribution is 5.91. The van der Waals surface area contributed by atoms with Crippen LogP contribution in [0.15, 0.2) is 54.6 Å². The van der Waals surface area contributed by atoms with Crippen molar-refractivity contribution in [1.82, 2.24) is 0 Å². The predicted octanol–water partition coefficient (Wildman–Crippen LogP) is 3.83. The van der Waals surface area contributed by atoms with Crippen molar-refractivity contribution >= 4 is 11.6 Å². The second-order valence-electron chi connectivity index (χ2n) is 4.93. The first kappa shape index (κ1) is 14.1. The standard InChI is InChI=1S/C17H19NO2/c1-13(2)14-7-6-10-16(11-14)20-12-17(19)18-15-8-4-3-5-9-15/h3-11,13H,12H2,1-2H3,(H,18,19). The van der Waals surface area contributed by atoms with Crippen molar-refractivity contribution in [3.63, 3.8) is 0 Å². The lowest BCUT2D eigenvalue weighted by Crippen LogP contribution is -2.20. The molecule has 3 nitrogen and oxygen atoms in total. The fourth-order valence-electron chi connectivity index (χ4n) is 1.83. The number of amides is 1. The van der Waals surface area contributed by atoms with Crippen molar-refractivity contribution in [3.05, 3.63) is 60.2 Å². The molecule has 0 saturated heterocycles. The summed E-state index contributed by atoms with van der Waals surface area (Å²) in [5.41, 5.74) is 1.97. The average Bonchev–Trinajstić information content (AvgIpc) is 2.46. The Labute approximate surface area is 119 Å². The third-order valence-electron chi connectivity index (χ3n) is 2.95. The van der Waals surface area contributed by atoms with E-state index in [9.17, 15) is 4.79 Å². The van der Waals surface area contributed by atoms with Gasteiger partial charge in [-0.15, -0.1) is 0 Å². The van der Waals surface area contributed by atoms with Crippen molar-refractivity contribution in [1.29, 1.82) is 0 Å². The molecule has 2 aromatic rings. The summed E-state index contributed by atoms with van der Waals surface area (Å²) in [7, 11) is 0. The van der Waals surface area contributed by atoms with E-state index < -0.39 is 0 Å². The molecule has 0 aliphatic carbocycles. The maximum Gasteiger partial charge on any atom is 0.262 e. The number of rotatable bonds is 5. The van der Waals surface area contributed by atoms with Crippen molar-refractivity contribution in [2.45, 2.75) is 19.8 Å². The van der Waals surface area contributed by atoms with Gasteiger partial charge in [0.05, 0.1) is 0 Å². The Balaban J connectivity index is 1.89. The number of hydrogen-bond donors (Lipinski definition) is 1. The SMILES string of the molecule is CC(C)c1cccc(OCC(=O)Nc2ccccc2)c1. The van der Waals surface area contributed by atoms with Gasteiger partial charge >= 0.3 is 0 Å². The lowest BCUT2D eigenvalue weighted by molar-refractivity contribution is -0.118. The Bertz CT molecular complexity index is 564. The third kappa shape index (κ3) is 4.12. The molecule has 0 radical (unpaired) electrons. The summed E-state index contributed by atoms with van der Waals surface area (Å²) >= 11 is 0. The molecule has 0 unspecified atom stereocenters. The molecule has 0 saturated carbocycles. The molecule has 0 bridgehead atoms. The molecule has 1 N–H and O–H groups in total. The summed E-state index contributed by atoms with van der Waals surface area (Å²) in [6.45, 7) is 4.26. The highest BCUT2D eigenvalue weighted by Crippen LogP contribution is 2.20. The van der Waals surface area contributed by atoms with E-state index in [1.54, 1.807) is 0 Å². The Kier molecular flexibility index (Phi) is 4.77. The van der Waals surface area contributed by atoms with Gasteiger partial charge < -0.3 is 10.1 Å². The zero-order valence-corrected chi connectivity index (χ0v) is 11.8. The topological polar surface area (TPSA) is 38.3 Å². The summed E-state index contributed by atoms with van der Waals surface area (Å²) in [5.74, 6) is 1.00. The lowest BCUT2D eigenvalue weighted by atomic mass is 10.0. The number of anilines is 1. The predicted molar refractivity (Wildman–Crippen MR) is 81.1 cm³/mol. The van der Waals surface area contributed by atoms with Gasteiger partial charge in [0.1, 0.15) is 5.75 Å². The molecule has 0 aromatic heterocycles. The van der Waals surface area contributed by atoms with Crippen molar-refractivity contribution in [2.75, 3.05) is 11.9 Å². The van der Waals surface area contributed by atoms with Crippen LogP contribution in [-0.4, -0.2) is 12.5 Å². The minimum absolute atomic E-state index is 0.0104. The van der Waals surface area contributed by atoms with Crippen LogP contribution >= 0.6 is 0 Å². The van der Waals surface area contributed by atoms with Crippen LogP contribution in [0, 0.1) is 0 Å². The average molecular weight is 269 g/mol. The monoisotopic (exact) mass is 269 g/mol. The van der Waals surface area contributed by atoms with Crippen molar-refractivity contribution < 1.29 is 9.53 Å². The Morgan fingerprint density at radius 2 is 1.85 bits per heavy atom. The van der Waals surface area contributed by atoms with Crippen LogP contribution in [0.5, 0.6) is 5.75 Å². The van der Waals surface area contributed by atoms with Gasteiger partial charge in [-0.3, -0.25) is 4.79 Å². The first-order valence-corrected chi connectivity index (χ1v) is 6.73. The molecular weight excluding hydrogens is 250 g/mol. The Hall–Kier alpha value is -2.29. The van der Waals surface area contributed by atoms with Gasteiger partial charge in [0.2, 0.25) is 0 Å². The van der Waals surface area contributed by atoms with Crippen LogP contribution in [0.2, 0.25) is 0 Å². The maximum absolute atomic E-state index is 11.8. The number of nitrogens with one attached hydrogen (secondary N) is 1. The van der Waals surface area contributed by atoms with E-state index in [4.69, 9.17) is 4.74 Å². The molecule has 0 aliphatic heterocycles. The van der Waals surface area contributed by atoms with Gasteiger partial charge in [-0.2, -0.15) is 0 Å². The molecule has 0 aliphatic rings. The first-order chi connectivity index (χ1) is 9.65. The smallest absolute Gasteiger partial charge is 0.262 e. The van der Waals surface area contributed by atoms with E-state index in [0.717, 1.165) is 11.4 Å². The summed E-state index contributed by atoms with van der Waals surface area (Å²) in [6.07, 6.45) is 0. The minimum atomic E-state index is -0.161. The van der Waals surface area contributed by atoms with Crippen LogP contribution in [-0.2, 0) is 4.79 Å². The van der Waals surface area contributed by atoms with E-state index in [-0.39, 0.29) is 12.5 Å². The first-order valence-electron chi connectivity index (χ1n) is 6.73. The Morgan fingerprint density at radius 1 is 1.10 bits per heavy atom. The van der Waals surface area contributed by atoms with Crippen LogP contribution in [0.4, 0.5) is 5.69 Å². The van der Waals surface area contributed by atoms with Gasteiger partial charge in [-0.05, 0) is 35.7 Å². The minimum Gasteiger partial charge on any atom is -0.484 e. The maximum atomic E-state index is 11.8. The Morgan fingerprint density at radius 3 is 2.55 bits per heavy atom. The largest absolute Gasteiger partial charge is 0.484 e. The highest BCUT2D eigenvalue weighted by Gasteiger charge is 2.05. The van der Waals surface area contributed by atoms with Gasteiger partial charge in [-0.1, -0.05) is 44.2 Å². The number of benzene rings is 2. The molecule has 20 heavy (non-hydrogen) atoms. The second-order valence-corrected chi connectivity index (χ2v) is 4.93. The van der Waals surface area contributed by atoms with Gasteiger partial charge in [0, 0.05) is 5.69 Å². The molecule has 2 rings (SSSR count). The molecule has 0 spiro atoms. The molecular formula is C17H19NO2. The molecule has 1 amide bonds. The van der Waals surface area contributed by atoms with E-state index in [2.05, 4.69) is 25.2 Å². The quantitative estimate of drug-likeness (QED) is 0.896. The van der Waals surface area contributed by atoms with Gasteiger partial charge in [-0.25, -0.2) is 0 Å². The highest BCUT2D eigenvalue weighted by atomic mass is 16.5. The molecule has 0 atom stereocenters. The number of hydrogen-bond acceptors (Lipinski definition) is 2. The van der Waals surface area contributed by atoms with Crippen LogP contribution < -0.4 is 10.1 Å². The molecule has 3 heteroatoms. The number of para-hydroxylation sites is 1. The molecule has 0 fully saturated rings. The van der Waals surface area contributed by atoms with Crippen LogP contribution in [0.3, 0.4) is 0 Å². The van der Waals surface area contributed by atoms with E-state index in [0.29, 0.717) is 5.92 Å². The summed E-state index contributed by atoms with van der Waals surface area (Å²) < 4.78 is 5.52. The van der Waals surface area contributed by atoms with Crippen molar-refractivity contribution in [2.24, 2.45) is 0 Å². The zero-order valence-electron chi connectivity index (χ0n) is 11.8. The molecule has 104 valence electrons. The number of carbonyl (C=O) groups excluding carboxylic acids is 1. The number of ether oxygens (including phenoxy) is 1. The molecule has 0 heterocycles. The second kappa shape index (κ2) is 6.75. The van der Waals surface area contributed by atoms with E-state index in [1.807, 2.05) is 48.5 Å². The van der Waals surface area contributed by atoms with Gasteiger partial charge in [0.15, 0.2) is 6.61 Å². The van der Waals surface area contributed by atoms with E-state index in [1.165, 1.54) is 5.56 Å². The lowest BCUT2D eigenvalue weighted by Gasteiger charge is -2.10. The molecule has 2 aromatic carbocycles. The fraction of sp³-hybridized carbons (Fsp3) is 0.235. The van der Waals surface area contributed by atoms with E-state index >= 15 is 0 Å². The van der Waals surface area contributed by atoms with Crippen LogP contribution in [0.1, 0.15) is 25.3 Å². The summed E-state index contributed by atoms with van der Waals surface area (Å²) in [6, 6.07) is 17.2. The summed E-state index contributed by atoms with van der Waals surface area (Å²) in [5, 5.41) is 2.79. The third-order valence-corrected chi connectivity index (χ3v) is 2.95. The van der Waals surface area contributed by atoms with Crippen LogP contribution in [0.25, 0.3) is 0 Å². The normalized spacial score (nSPS) is 10.3. The zero-order chi connectivity index (χ0) is 14.4. The number of carbonyl (C=O) groups is 1. The summed E-state index contributed by atoms with van der Waals surface area (Å²) in [4.78, 5) is 11.8. The van der Waals surface area contributed by atoms with Gasteiger partial charge in [0.25, 0.3) is 5.91 Å². The fourth-order valence-corrected chi connectivity index (χ4v) is 1.83.